The molecule has 0 unspecified atom stereocenters. The summed E-state index contributed by atoms with van der Waals surface area (Å²) in [6.45, 7) is 8.10. The van der Waals surface area contributed by atoms with E-state index in [9.17, 15) is 4.79 Å². The van der Waals surface area contributed by atoms with Gasteiger partial charge in [-0.3, -0.25) is 9.78 Å². The Labute approximate surface area is 154 Å². The molecule has 2 N–H and O–H groups in total. The third-order valence-electron chi connectivity index (χ3n) is 4.22. The van der Waals surface area contributed by atoms with Crippen LogP contribution in [0.25, 0.3) is 0 Å². The van der Waals surface area contributed by atoms with Gasteiger partial charge >= 0.3 is 0 Å². The highest BCUT2D eigenvalue weighted by Gasteiger charge is 2.11. The molecule has 26 heavy (non-hydrogen) atoms. The van der Waals surface area contributed by atoms with Gasteiger partial charge in [0.15, 0.2) is 0 Å². The number of hydrogen-bond acceptors (Lipinski definition) is 3. The van der Waals surface area contributed by atoms with E-state index in [2.05, 4.69) is 34.7 Å². The summed E-state index contributed by atoms with van der Waals surface area (Å²) in [5.74, 6) is -0.166. The number of carbonyl (C=O) groups excluding carboxylic acids is 1. The second kappa shape index (κ2) is 7.40. The zero-order chi connectivity index (χ0) is 18.7. The van der Waals surface area contributed by atoms with Crippen LogP contribution >= 0.6 is 0 Å². The Balaban J connectivity index is 1.80. The fraction of sp³-hybridized carbons (Fsp3) is 0.182. The van der Waals surface area contributed by atoms with Gasteiger partial charge in [-0.2, -0.15) is 0 Å². The van der Waals surface area contributed by atoms with E-state index in [1.807, 2.05) is 51.1 Å². The van der Waals surface area contributed by atoms with E-state index >= 15 is 0 Å². The van der Waals surface area contributed by atoms with Gasteiger partial charge in [-0.1, -0.05) is 29.8 Å². The normalized spacial score (nSPS) is 10.5. The lowest BCUT2D eigenvalue weighted by Gasteiger charge is -2.13. The predicted octanol–water partition coefficient (Wildman–Crippen LogP) is 5.31. The molecule has 4 heteroatoms. The average Bonchev–Trinajstić information content (AvgIpc) is 2.58. The summed E-state index contributed by atoms with van der Waals surface area (Å²) in [5, 5.41) is 6.31. The molecule has 0 saturated carbocycles. The van der Waals surface area contributed by atoms with Crippen LogP contribution in [0.1, 0.15) is 32.6 Å². The number of carbonyl (C=O) groups is 1. The smallest absolute Gasteiger partial charge is 0.257 e. The maximum Gasteiger partial charge on any atom is 0.257 e. The summed E-state index contributed by atoms with van der Waals surface area (Å²) in [6, 6.07) is 14.0. The van der Waals surface area contributed by atoms with Gasteiger partial charge in [-0.25, -0.2) is 0 Å². The Morgan fingerprint density at radius 2 is 1.58 bits per heavy atom. The molecule has 3 rings (SSSR count). The highest BCUT2D eigenvalue weighted by molar-refractivity contribution is 6.05. The van der Waals surface area contributed by atoms with E-state index < -0.39 is 0 Å². The first kappa shape index (κ1) is 17.7. The molecule has 1 heterocycles. The maximum atomic E-state index is 12.7. The fourth-order valence-electron chi connectivity index (χ4n) is 3.08. The molecular formula is C22H23N3O. The predicted molar refractivity (Wildman–Crippen MR) is 107 cm³/mol. The molecule has 0 radical (unpaired) electrons. The second-order valence-electron chi connectivity index (χ2n) is 6.68. The lowest BCUT2D eigenvalue weighted by atomic mass is 10.0. The molecular weight excluding hydrogens is 322 g/mol. The minimum Gasteiger partial charge on any atom is -0.354 e. The number of nitrogens with one attached hydrogen (secondary N) is 2. The maximum absolute atomic E-state index is 12.7. The number of anilines is 3. The van der Waals surface area contributed by atoms with Crippen LogP contribution in [0.5, 0.6) is 0 Å². The van der Waals surface area contributed by atoms with Crippen molar-refractivity contribution in [3.8, 4) is 0 Å². The van der Waals surface area contributed by atoms with Crippen LogP contribution in [0.4, 0.5) is 17.1 Å². The van der Waals surface area contributed by atoms with Gasteiger partial charge in [0.25, 0.3) is 5.91 Å². The standard InChI is InChI=1S/C22H23N3O/c1-14-6-5-7-19(10-14)24-20-11-18(12-23-13-20)22(26)25-21-16(3)8-15(2)9-17(21)4/h5-13,24H,1-4H3,(H,25,26). The van der Waals surface area contributed by atoms with Crippen molar-refractivity contribution >= 4 is 23.0 Å². The molecule has 0 atom stereocenters. The van der Waals surface area contributed by atoms with Crippen LogP contribution in [-0.4, -0.2) is 10.9 Å². The lowest BCUT2D eigenvalue weighted by Crippen LogP contribution is -2.14. The van der Waals surface area contributed by atoms with Gasteiger partial charge in [0, 0.05) is 17.6 Å². The highest BCUT2D eigenvalue weighted by Crippen LogP contribution is 2.23. The van der Waals surface area contributed by atoms with Crippen LogP contribution in [0.2, 0.25) is 0 Å². The summed E-state index contributed by atoms with van der Waals surface area (Å²) in [6.07, 6.45) is 3.29. The Hall–Kier alpha value is -3.14. The first-order chi connectivity index (χ1) is 12.4. The molecule has 2 aromatic carbocycles. The number of amides is 1. The quantitative estimate of drug-likeness (QED) is 0.673. The number of benzene rings is 2. The monoisotopic (exact) mass is 345 g/mol. The Kier molecular flexibility index (Phi) is 5.03. The number of hydrogen-bond donors (Lipinski definition) is 2. The van der Waals surface area contributed by atoms with Gasteiger partial charge < -0.3 is 10.6 Å². The summed E-state index contributed by atoms with van der Waals surface area (Å²) in [5.41, 5.74) is 7.58. The van der Waals surface area contributed by atoms with Crippen LogP contribution in [-0.2, 0) is 0 Å². The Bertz CT molecular complexity index is 940. The van der Waals surface area contributed by atoms with Crippen LogP contribution in [0.15, 0.2) is 54.9 Å². The lowest BCUT2D eigenvalue weighted by molar-refractivity contribution is 0.102. The summed E-state index contributed by atoms with van der Waals surface area (Å²) in [7, 11) is 0. The fourth-order valence-corrected chi connectivity index (χ4v) is 3.08. The van der Waals surface area contributed by atoms with E-state index in [4.69, 9.17) is 0 Å². The van der Waals surface area contributed by atoms with Crippen molar-refractivity contribution in [2.24, 2.45) is 0 Å². The first-order valence-corrected chi connectivity index (χ1v) is 8.60. The molecule has 0 aliphatic heterocycles. The second-order valence-corrected chi connectivity index (χ2v) is 6.68. The molecule has 0 fully saturated rings. The number of aromatic nitrogens is 1. The summed E-state index contributed by atoms with van der Waals surface area (Å²) < 4.78 is 0. The molecule has 4 nitrogen and oxygen atoms in total. The first-order valence-electron chi connectivity index (χ1n) is 8.60. The molecule has 0 spiro atoms. The average molecular weight is 345 g/mol. The van der Waals surface area contributed by atoms with Crippen molar-refractivity contribution in [2.75, 3.05) is 10.6 Å². The molecule has 1 amide bonds. The third kappa shape index (κ3) is 4.09. The molecule has 3 aromatic rings. The number of rotatable bonds is 4. The van der Waals surface area contributed by atoms with Gasteiger partial charge in [0.05, 0.1) is 17.4 Å². The van der Waals surface area contributed by atoms with Gasteiger partial charge in [-0.15, -0.1) is 0 Å². The largest absolute Gasteiger partial charge is 0.354 e. The van der Waals surface area contributed by atoms with Crippen molar-refractivity contribution in [3.63, 3.8) is 0 Å². The topological polar surface area (TPSA) is 54.0 Å². The van der Waals surface area contributed by atoms with Crippen LogP contribution < -0.4 is 10.6 Å². The highest BCUT2D eigenvalue weighted by atomic mass is 16.1. The van der Waals surface area contributed by atoms with Crippen molar-refractivity contribution in [1.29, 1.82) is 0 Å². The third-order valence-corrected chi connectivity index (χ3v) is 4.22. The Morgan fingerprint density at radius 3 is 2.27 bits per heavy atom. The van der Waals surface area contributed by atoms with Crippen LogP contribution in [0, 0.1) is 27.7 Å². The number of pyridine rings is 1. The van der Waals surface area contributed by atoms with Gasteiger partial charge in [0.2, 0.25) is 0 Å². The van der Waals surface area contributed by atoms with Crippen molar-refractivity contribution < 1.29 is 4.79 Å². The van der Waals surface area contributed by atoms with Crippen LogP contribution in [0.3, 0.4) is 0 Å². The molecule has 1 aromatic heterocycles. The minimum atomic E-state index is -0.166. The molecule has 0 aliphatic carbocycles. The van der Waals surface area contributed by atoms with E-state index in [-0.39, 0.29) is 5.91 Å². The van der Waals surface area contributed by atoms with Gasteiger partial charge in [0.1, 0.15) is 0 Å². The van der Waals surface area contributed by atoms with E-state index in [0.717, 1.165) is 28.2 Å². The zero-order valence-corrected chi connectivity index (χ0v) is 15.6. The van der Waals surface area contributed by atoms with Gasteiger partial charge in [-0.05, 0) is 62.6 Å². The van der Waals surface area contributed by atoms with E-state index in [1.54, 1.807) is 12.4 Å². The van der Waals surface area contributed by atoms with E-state index in [0.29, 0.717) is 5.56 Å². The molecule has 132 valence electrons. The van der Waals surface area contributed by atoms with Crippen molar-refractivity contribution in [2.45, 2.75) is 27.7 Å². The number of aryl methyl sites for hydroxylation is 4. The Morgan fingerprint density at radius 1 is 0.846 bits per heavy atom. The number of nitrogens with zero attached hydrogens (tertiary/aromatic N) is 1. The molecule has 0 aliphatic rings. The van der Waals surface area contributed by atoms with Crippen molar-refractivity contribution in [3.05, 3.63) is 82.7 Å². The minimum absolute atomic E-state index is 0.166. The zero-order valence-electron chi connectivity index (χ0n) is 15.6. The SMILES string of the molecule is Cc1cccc(Nc2cncc(C(=O)Nc3c(C)cc(C)cc3C)c2)c1. The van der Waals surface area contributed by atoms with Crippen molar-refractivity contribution in [1.82, 2.24) is 4.98 Å². The summed E-state index contributed by atoms with van der Waals surface area (Å²) >= 11 is 0. The van der Waals surface area contributed by atoms with E-state index in [1.165, 1.54) is 11.1 Å². The summed E-state index contributed by atoms with van der Waals surface area (Å²) in [4.78, 5) is 16.9. The molecule has 0 bridgehead atoms. The molecule has 0 saturated heterocycles.